The fraction of sp³-hybridized carbons (Fsp3) is 0.750. The maximum Gasteiger partial charge on any atom is 0.231 e. The molecule has 2 aliphatic rings. The maximum atomic E-state index is 9.83. The van der Waals surface area contributed by atoms with Gasteiger partial charge in [-0.1, -0.05) is 0 Å². The number of hydrogen-bond donors (Lipinski definition) is 2. The number of nitrogens with zero attached hydrogens (tertiary/aromatic N) is 4. The van der Waals surface area contributed by atoms with Crippen LogP contribution < -0.4 is 10.2 Å². The maximum absolute atomic E-state index is 9.83. The van der Waals surface area contributed by atoms with E-state index in [2.05, 4.69) is 25.2 Å². The average Bonchev–Trinajstić information content (AvgIpc) is 2.61. The van der Waals surface area contributed by atoms with Crippen LogP contribution >= 0.6 is 11.6 Å². The molecule has 2 fully saturated rings. The number of nitrogens with one attached hydrogen (secondary N) is 1. The normalized spacial score (nSPS) is 29.6. The van der Waals surface area contributed by atoms with E-state index in [4.69, 9.17) is 11.6 Å². The fourth-order valence-electron chi connectivity index (χ4n) is 3.17. The topological polar surface area (TPSA) is 74.2 Å². The summed E-state index contributed by atoms with van der Waals surface area (Å²) in [5.74, 6) is 1.15. The van der Waals surface area contributed by atoms with Crippen molar-refractivity contribution in [2.24, 2.45) is 0 Å². The number of aromatic nitrogens is 3. The SMILES string of the molecule is CCNc1nc(Cl)nc(N2C3CCC2CC(O)C3)n1. The molecule has 0 saturated carbocycles. The van der Waals surface area contributed by atoms with Gasteiger partial charge in [0, 0.05) is 18.6 Å². The standard InChI is InChI=1S/C12H18ClN5O/c1-2-14-11-15-10(13)16-12(17-11)18-7-3-4-8(18)6-9(19)5-7/h7-9,19H,2-6H2,1H3,(H,14,15,16,17). The minimum Gasteiger partial charge on any atom is -0.393 e. The summed E-state index contributed by atoms with van der Waals surface area (Å²) in [6.07, 6.45) is 3.55. The van der Waals surface area contributed by atoms with Crippen LogP contribution in [0.4, 0.5) is 11.9 Å². The van der Waals surface area contributed by atoms with E-state index in [1.165, 1.54) is 0 Å². The zero-order chi connectivity index (χ0) is 13.4. The van der Waals surface area contributed by atoms with E-state index in [1.54, 1.807) is 0 Å². The lowest BCUT2D eigenvalue weighted by Gasteiger charge is -2.37. The van der Waals surface area contributed by atoms with Crippen molar-refractivity contribution in [1.29, 1.82) is 0 Å². The molecule has 2 unspecified atom stereocenters. The molecule has 0 amide bonds. The number of aliphatic hydroxyl groups is 1. The lowest BCUT2D eigenvalue weighted by molar-refractivity contribution is 0.125. The van der Waals surface area contributed by atoms with Gasteiger partial charge in [-0.25, -0.2) is 0 Å². The highest BCUT2D eigenvalue weighted by Gasteiger charge is 2.41. The van der Waals surface area contributed by atoms with Crippen molar-refractivity contribution in [3.63, 3.8) is 0 Å². The van der Waals surface area contributed by atoms with Gasteiger partial charge in [0.05, 0.1) is 6.10 Å². The second-order valence-electron chi connectivity index (χ2n) is 5.18. The molecule has 6 nitrogen and oxygen atoms in total. The number of hydrogen-bond acceptors (Lipinski definition) is 6. The molecular weight excluding hydrogens is 266 g/mol. The Morgan fingerprint density at radius 1 is 1.26 bits per heavy atom. The van der Waals surface area contributed by atoms with Crippen molar-refractivity contribution in [1.82, 2.24) is 15.0 Å². The first-order chi connectivity index (χ1) is 9.17. The smallest absolute Gasteiger partial charge is 0.231 e. The Morgan fingerprint density at radius 3 is 2.58 bits per heavy atom. The first kappa shape index (κ1) is 12.9. The Hall–Kier alpha value is -1.14. The fourth-order valence-corrected chi connectivity index (χ4v) is 3.32. The molecule has 1 aromatic heterocycles. The first-order valence-corrected chi connectivity index (χ1v) is 7.17. The van der Waals surface area contributed by atoms with Crippen LogP contribution in [-0.4, -0.2) is 44.8 Å². The molecule has 2 saturated heterocycles. The minimum absolute atomic E-state index is 0.195. The van der Waals surface area contributed by atoms with Gasteiger partial charge < -0.3 is 15.3 Å². The molecule has 104 valence electrons. The van der Waals surface area contributed by atoms with Gasteiger partial charge in [-0.3, -0.25) is 0 Å². The van der Waals surface area contributed by atoms with Crippen LogP contribution in [0.25, 0.3) is 0 Å². The highest BCUT2D eigenvalue weighted by Crippen LogP contribution is 2.38. The predicted molar refractivity (Wildman–Crippen MR) is 73.5 cm³/mol. The molecule has 2 aliphatic heterocycles. The minimum atomic E-state index is -0.195. The monoisotopic (exact) mass is 283 g/mol. The molecule has 3 heterocycles. The molecule has 7 heteroatoms. The van der Waals surface area contributed by atoms with Gasteiger partial charge in [0.2, 0.25) is 17.2 Å². The van der Waals surface area contributed by atoms with Crippen LogP contribution in [0.2, 0.25) is 5.28 Å². The van der Waals surface area contributed by atoms with Gasteiger partial charge in [0.1, 0.15) is 0 Å². The molecule has 1 aromatic rings. The Kier molecular flexibility index (Phi) is 3.45. The summed E-state index contributed by atoms with van der Waals surface area (Å²) in [5.41, 5.74) is 0. The van der Waals surface area contributed by atoms with Gasteiger partial charge in [0.15, 0.2) is 0 Å². The van der Waals surface area contributed by atoms with E-state index < -0.39 is 0 Å². The molecule has 0 spiro atoms. The zero-order valence-electron chi connectivity index (χ0n) is 10.9. The van der Waals surface area contributed by atoms with Crippen LogP contribution in [0, 0.1) is 0 Å². The van der Waals surface area contributed by atoms with Gasteiger partial charge in [-0.2, -0.15) is 15.0 Å². The molecular formula is C12H18ClN5O. The lowest BCUT2D eigenvalue weighted by Crippen LogP contribution is -2.45. The van der Waals surface area contributed by atoms with Gasteiger partial charge >= 0.3 is 0 Å². The zero-order valence-corrected chi connectivity index (χ0v) is 11.6. The van der Waals surface area contributed by atoms with E-state index in [-0.39, 0.29) is 11.4 Å². The number of halogens is 1. The van der Waals surface area contributed by atoms with E-state index in [0.717, 1.165) is 32.2 Å². The van der Waals surface area contributed by atoms with E-state index in [0.29, 0.717) is 24.0 Å². The summed E-state index contributed by atoms with van der Waals surface area (Å²) >= 11 is 5.97. The van der Waals surface area contributed by atoms with Crippen LogP contribution in [0.1, 0.15) is 32.6 Å². The van der Waals surface area contributed by atoms with E-state index in [9.17, 15) is 5.11 Å². The highest BCUT2D eigenvalue weighted by atomic mass is 35.5. The van der Waals surface area contributed by atoms with Crippen molar-refractivity contribution in [2.45, 2.75) is 50.8 Å². The Labute approximate surface area is 117 Å². The van der Waals surface area contributed by atoms with Crippen molar-refractivity contribution >= 4 is 23.5 Å². The van der Waals surface area contributed by atoms with Crippen molar-refractivity contribution < 1.29 is 5.11 Å². The highest BCUT2D eigenvalue weighted by molar-refractivity contribution is 6.28. The van der Waals surface area contributed by atoms with E-state index in [1.807, 2.05) is 6.92 Å². The Morgan fingerprint density at radius 2 is 1.95 bits per heavy atom. The molecule has 0 radical (unpaired) electrons. The molecule has 2 N–H and O–H groups in total. The largest absolute Gasteiger partial charge is 0.393 e. The Bertz CT molecular complexity index is 457. The van der Waals surface area contributed by atoms with Gasteiger partial charge in [-0.05, 0) is 44.2 Å². The van der Waals surface area contributed by atoms with Crippen molar-refractivity contribution in [2.75, 3.05) is 16.8 Å². The summed E-state index contributed by atoms with van der Waals surface area (Å²) < 4.78 is 0. The van der Waals surface area contributed by atoms with Gasteiger partial charge in [-0.15, -0.1) is 0 Å². The van der Waals surface area contributed by atoms with Crippen LogP contribution in [0.5, 0.6) is 0 Å². The third-order valence-corrected chi connectivity index (χ3v) is 4.04. The summed E-state index contributed by atoms with van der Waals surface area (Å²) in [6.45, 7) is 2.73. The Balaban J connectivity index is 1.90. The summed E-state index contributed by atoms with van der Waals surface area (Å²) in [5, 5.41) is 13.1. The second kappa shape index (κ2) is 5.09. The number of aliphatic hydroxyl groups excluding tert-OH is 1. The third kappa shape index (κ3) is 2.47. The molecule has 19 heavy (non-hydrogen) atoms. The summed E-state index contributed by atoms with van der Waals surface area (Å²) in [6, 6.07) is 0.642. The average molecular weight is 284 g/mol. The number of piperidine rings is 1. The van der Waals surface area contributed by atoms with Crippen LogP contribution in [-0.2, 0) is 0 Å². The number of rotatable bonds is 3. The summed E-state index contributed by atoms with van der Waals surface area (Å²) in [4.78, 5) is 15.0. The van der Waals surface area contributed by atoms with Crippen LogP contribution in [0.3, 0.4) is 0 Å². The second-order valence-corrected chi connectivity index (χ2v) is 5.51. The van der Waals surface area contributed by atoms with Crippen LogP contribution in [0.15, 0.2) is 0 Å². The molecule has 0 aliphatic carbocycles. The summed E-state index contributed by atoms with van der Waals surface area (Å²) in [7, 11) is 0. The molecule has 2 atom stereocenters. The first-order valence-electron chi connectivity index (χ1n) is 6.79. The molecule has 2 bridgehead atoms. The number of fused-ring (bicyclic) bond motifs is 2. The van der Waals surface area contributed by atoms with Crippen molar-refractivity contribution in [3.8, 4) is 0 Å². The third-order valence-electron chi connectivity index (χ3n) is 3.87. The predicted octanol–water partition coefficient (Wildman–Crippen LogP) is 1.45. The quantitative estimate of drug-likeness (QED) is 0.875. The number of anilines is 2. The molecule has 3 rings (SSSR count). The van der Waals surface area contributed by atoms with E-state index >= 15 is 0 Å². The van der Waals surface area contributed by atoms with Crippen molar-refractivity contribution in [3.05, 3.63) is 5.28 Å². The molecule has 0 aromatic carbocycles. The van der Waals surface area contributed by atoms with Gasteiger partial charge in [0.25, 0.3) is 0 Å². The lowest BCUT2D eigenvalue weighted by atomic mass is 10.0.